The minimum Gasteiger partial charge on any atom is -0.335 e. The molecule has 0 aromatic heterocycles. The zero-order chi connectivity index (χ0) is 15.0. The van der Waals surface area contributed by atoms with Crippen LogP contribution in [0.4, 0.5) is 0 Å². The van der Waals surface area contributed by atoms with E-state index < -0.39 is 10.0 Å². The van der Waals surface area contributed by atoms with Crippen molar-refractivity contribution in [2.24, 2.45) is 0 Å². The third kappa shape index (κ3) is 3.32. The molecule has 0 radical (unpaired) electrons. The van der Waals surface area contributed by atoms with Crippen molar-refractivity contribution in [3.05, 3.63) is 0 Å². The first kappa shape index (κ1) is 15.7. The number of rotatable bonds is 3. The summed E-state index contributed by atoms with van der Waals surface area (Å²) in [5.74, 6) is 0.284. The molecule has 0 spiro atoms. The Balaban J connectivity index is 1.92. The van der Waals surface area contributed by atoms with Gasteiger partial charge < -0.3 is 9.80 Å². The minimum atomic E-state index is -3.10. The number of likely N-dealkylation sites (N-methyl/N-ethyl adjacent to an activating group) is 1. The average Bonchev–Trinajstić information content (AvgIpc) is 2.64. The van der Waals surface area contributed by atoms with Crippen molar-refractivity contribution in [2.45, 2.75) is 32.2 Å². The lowest BCUT2D eigenvalue weighted by atomic mass is 9.98. The monoisotopic (exact) mass is 303 g/mol. The Labute approximate surface area is 121 Å². The van der Waals surface area contributed by atoms with Crippen LogP contribution in [0.25, 0.3) is 0 Å². The largest absolute Gasteiger partial charge is 0.335 e. The van der Waals surface area contributed by atoms with Crippen LogP contribution < -0.4 is 0 Å². The summed E-state index contributed by atoms with van der Waals surface area (Å²) in [6.45, 7) is 7.44. The summed E-state index contributed by atoms with van der Waals surface area (Å²) in [5.41, 5.74) is -0.187. The van der Waals surface area contributed by atoms with Gasteiger partial charge in [0.2, 0.25) is 15.9 Å². The van der Waals surface area contributed by atoms with Gasteiger partial charge in [0.15, 0.2) is 0 Å². The third-order valence-electron chi connectivity index (χ3n) is 4.17. The molecule has 2 saturated heterocycles. The van der Waals surface area contributed by atoms with Crippen molar-refractivity contribution >= 4 is 15.9 Å². The Morgan fingerprint density at radius 3 is 2.45 bits per heavy atom. The van der Waals surface area contributed by atoms with Crippen molar-refractivity contribution in [1.82, 2.24) is 14.1 Å². The summed E-state index contributed by atoms with van der Waals surface area (Å²) in [4.78, 5) is 16.5. The highest BCUT2D eigenvalue weighted by Crippen LogP contribution is 2.21. The molecule has 1 amide bonds. The molecule has 116 valence electrons. The zero-order valence-corrected chi connectivity index (χ0v) is 13.4. The fourth-order valence-electron chi connectivity index (χ4n) is 3.16. The highest BCUT2D eigenvalue weighted by molar-refractivity contribution is 7.89. The molecule has 20 heavy (non-hydrogen) atoms. The van der Waals surface area contributed by atoms with E-state index >= 15 is 0 Å². The number of carbonyl (C=O) groups excluding carboxylic acids is 1. The van der Waals surface area contributed by atoms with Crippen LogP contribution in [0.15, 0.2) is 0 Å². The second kappa shape index (κ2) is 5.61. The van der Waals surface area contributed by atoms with Gasteiger partial charge in [0.1, 0.15) is 0 Å². The molecule has 0 aromatic rings. The van der Waals surface area contributed by atoms with Crippen molar-refractivity contribution in [3.8, 4) is 0 Å². The van der Waals surface area contributed by atoms with Crippen LogP contribution in [0.1, 0.15) is 26.7 Å². The Kier molecular flexibility index (Phi) is 4.41. The lowest BCUT2D eigenvalue weighted by Gasteiger charge is -2.46. The first-order valence-electron chi connectivity index (χ1n) is 7.19. The van der Waals surface area contributed by atoms with E-state index in [1.807, 2.05) is 4.90 Å². The van der Waals surface area contributed by atoms with E-state index in [4.69, 9.17) is 0 Å². The van der Waals surface area contributed by atoms with E-state index in [2.05, 4.69) is 25.8 Å². The maximum atomic E-state index is 12.4. The first-order valence-corrected chi connectivity index (χ1v) is 8.80. The molecule has 2 aliphatic heterocycles. The third-order valence-corrected chi connectivity index (χ3v) is 6.13. The summed E-state index contributed by atoms with van der Waals surface area (Å²) in [7, 11) is -1.04. The molecule has 0 bridgehead atoms. The molecule has 2 aliphatic rings. The summed E-state index contributed by atoms with van der Waals surface area (Å²) in [6.07, 6.45) is 0.961. The predicted molar refractivity (Wildman–Crippen MR) is 77.9 cm³/mol. The number of amides is 1. The number of carbonyl (C=O) groups is 1. The van der Waals surface area contributed by atoms with Crippen LogP contribution in [0.3, 0.4) is 0 Å². The fourth-order valence-corrected chi connectivity index (χ4v) is 4.69. The Morgan fingerprint density at radius 1 is 1.20 bits per heavy atom. The number of hydrogen-bond donors (Lipinski definition) is 0. The van der Waals surface area contributed by atoms with Gasteiger partial charge in [0, 0.05) is 44.7 Å². The minimum absolute atomic E-state index is 0.0604. The normalized spacial score (nSPS) is 26.9. The highest BCUT2D eigenvalue weighted by atomic mass is 32.2. The standard InChI is InChI=1S/C13H25N3O3S/c1-13(2)11-14(3)8-9-16(13)12(17)5-7-15-6-4-10-20(15,18)19/h4-11H2,1-3H3. The highest BCUT2D eigenvalue weighted by Gasteiger charge is 2.36. The van der Waals surface area contributed by atoms with Gasteiger partial charge in [-0.15, -0.1) is 0 Å². The Bertz CT molecular complexity index is 475. The van der Waals surface area contributed by atoms with Crippen LogP contribution in [0.2, 0.25) is 0 Å². The Morgan fingerprint density at radius 2 is 1.90 bits per heavy atom. The molecule has 0 unspecified atom stereocenters. The lowest BCUT2D eigenvalue weighted by molar-refractivity contribution is -0.140. The summed E-state index contributed by atoms with van der Waals surface area (Å²) in [5, 5.41) is 0. The molecule has 2 rings (SSSR count). The van der Waals surface area contributed by atoms with E-state index in [1.54, 1.807) is 0 Å². The van der Waals surface area contributed by atoms with Crippen molar-refractivity contribution < 1.29 is 13.2 Å². The Hall–Kier alpha value is -0.660. The molecule has 7 heteroatoms. The molecule has 0 aromatic carbocycles. The van der Waals surface area contributed by atoms with Crippen molar-refractivity contribution in [2.75, 3.05) is 45.5 Å². The van der Waals surface area contributed by atoms with Gasteiger partial charge in [-0.25, -0.2) is 12.7 Å². The zero-order valence-electron chi connectivity index (χ0n) is 12.6. The molecule has 2 fully saturated rings. The maximum Gasteiger partial charge on any atom is 0.224 e. The molecule has 0 N–H and O–H groups in total. The van der Waals surface area contributed by atoms with Gasteiger partial charge in [-0.05, 0) is 27.3 Å². The van der Waals surface area contributed by atoms with Gasteiger partial charge in [-0.1, -0.05) is 0 Å². The molecular weight excluding hydrogens is 278 g/mol. The number of nitrogens with zero attached hydrogens (tertiary/aromatic N) is 3. The van der Waals surface area contributed by atoms with Crippen LogP contribution in [0, 0.1) is 0 Å². The van der Waals surface area contributed by atoms with Crippen LogP contribution >= 0.6 is 0 Å². The molecular formula is C13H25N3O3S. The predicted octanol–water partition coefficient (Wildman–Crippen LogP) is -0.0354. The van der Waals surface area contributed by atoms with Crippen LogP contribution in [-0.4, -0.2) is 79.5 Å². The van der Waals surface area contributed by atoms with Crippen molar-refractivity contribution in [3.63, 3.8) is 0 Å². The smallest absolute Gasteiger partial charge is 0.224 e. The average molecular weight is 303 g/mol. The summed E-state index contributed by atoms with van der Waals surface area (Å²) >= 11 is 0. The van der Waals surface area contributed by atoms with Crippen LogP contribution in [0.5, 0.6) is 0 Å². The van der Waals surface area contributed by atoms with Gasteiger partial charge in [0.05, 0.1) is 5.75 Å². The van der Waals surface area contributed by atoms with Gasteiger partial charge in [-0.3, -0.25) is 4.79 Å². The van der Waals surface area contributed by atoms with E-state index in [-0.39, 0.29) is 23.6 Å². The van der Waals surface area contributed by atoms with Crippen LogP contribution in [-0.2, 0) is 14.8 Å². The fraction of sp³-hybridized carbons (Fsp3) is 0.923. The maximum absolute atomic E-state index is 12.4. The molecule has 2 heterocycles. The van der Waals surface area contributed by atoms with E-state index in [0.717, 1.165) is 19.6 Å². The lowest BCUT2D eigenvalue weighted by Crippen LogP contribution is -2.60. The van der Waals surface area contributed by atoms with Crippen molar-refractivity contribution in [1.29, 1.82) is 0 Å². The quantitative estimate of drug-likeness (QED) is 0.734. The number of sulfonamides is 1. The van der Waals surface area contributed by atoms with E-state index in [0.29, 0.717) is 19.5 Å². The molecule has 6 nitrogen and oxygen atoms in total. The summed E-state index contributed by atoms with van der Waals surface area (Å²) in [6, 6.07) is 0. The van der Waals surface area contributed by atoms with E-state index in [9.17, 15) is 13.2 Å². The second-order valence-electron chi connectivity index (χ2n) is 6.41. The molecule has 0 atom stereocenters. The van der Waals surface area contributed by atoms with Gasteiger partial charge in [-0.2, -0.15) is 0 Å². The first-order chi connectivity index (χ1) is 9.22. The number of hydrogen-bond acceptors (Lipinski definition) is 4. The summed E-state index contributed by atoms with van der Waals surface area (Å²) < 4.78 is 24.9. The second-order valence-corrected chi connectivity index (χ2v) is 8.50. The van der Waals surface area contributed by atoms with Gasteiger partial charge in [0.25, 0.3) is 0 Å². The SMILES string of the molecule is CN1CCN(C(=O)CCN2CCCS2(=O)=O)C(C)(C)C1. The molecule has 0 aliphatic carbocycles. The van der Waals surface area contributed by atoms with Gasteiger partial charge >= 0.3 is 0 Å². The number of piperazine rings is 1. The van der Waals surface area contributed by atoms with E-state index in [1.165, 1.54) is 4.31 Å². The molecule has 0 saturated carbocycles. The topological polar surface area (TPSA) is 60.9 Å².